The molecule has 1 saturated heterocycles. The monoisotopic (exact) mass is 397 g/mol. The Morgan fingerprint density at radius 2 is 2.00 bits per heavy atom. The minimum Gasteiger partial charge on any atom is -0.489 e. The molecule has 1 fully saturated rings. The summed E-state index contributed by atoms with van der Waals surface area (Å²) in [5, 5.41) is 9.65. The smallest absolute Gasteiger partial charge is 0.324 e. The molecular formula is C20H20ClN5O2. The molecule has 4 rings (SSSR count). The summed E-state index contributed by atoms with van der Waals surface area (Å²) in [7, 11) is 0. The van der Waals surface area contributed by atoms with Crippen LogP contribution in [-0.4, -0.2) is 55.2 Å². The first kappa shape index (κ1) is 18.4. The van der Waals surface area contributed by atoms with E-state index < -0.39 is 0 Å². The third-order valence-corrected chi connectivity index (χ3v) is 5.34. The number of anilines is 2. The Bertz CT molecular complexity index is 950. The van der Waals surface area contributed by atoms with Crippen LogP contribution in [0.4, 0.5) is 16.3 Å². The van der Waals surface area contributed by atoms with Gasteiger partial charge in [0.2, 0.25) is 0 Å². The van der Waals surface area contributed by atoms with Crippen LogP contribution in [0.1, 0.15) is 11.1 Å². The van der Waals surface area contributed by atoms with Gasteiger partial charge in [-0.05, 0) is 30.7 Å². The maximum absolute atomic E-state index is 13.1. The highest BCUT2D eigenvalue weighted by Crippen LogP contribution is 2.34. The predicted octanol–water partition coefficient (Wildman–Crippen LogP) is 3.06. The molecule has 0 N–H and O–H groups in total. The van der Waals surface area contributed by atoms with Crippen molar-refractivity contribution in [3.8, 4) is 11.8 Å². The molecule has 0 radical (unpaired) electrons. The van der Waals surface area contributed by atoms with Crippen LogP contribution in [0.15, 0.2) is 30.5 Å². The van der Waals surface area contributed by atoms with Crippen LogP contribution in [0.2, 0.25) is 5.02 Å². The van der Waals surface area contributed by atoms with E-state index >= 15 is 0 Å². The van der Waals surface area contributed by atoms with Gasteiger partial charge in [-0.3, -0.25) is 4.90 Å². The SMILES string of the molecule is Cc1cc(N2CCN(C(=O)N3CCOc4cc(Cl)ccc43)CC2)ncc1C#N. The van der Waals surface area contributed by atoms with Crippen LogP contribution in [0.3, 0.4) is 0 Å². The quantitative estimate of drug-likeness (QED) is 0.739. The fourth-order valence-corrected chi connectivity index (χ4v) is 3.68. The normalized spacial score (nSPS) is 16.2. The van der Waals surface area contributed by atoms with Gasteiger partial charge in [0.15, 0.2) is 0 Å². The van der Waals surface area contributed by atoms with E-state index in [1.807, 2.05) is 24.0 Å². The summed E-state index contributed by atoms with van der Waals surface area (Å²) >= 11 is 6.03. The van der Waals surface area contributed by atoms with Crippen LogP contribution < -0.4 is 14.5 Å². The molecule has 2 amide bonds. The van der Waals surface area contributed by atoms with Gasteiger partial charge in [-0.1, -0.05) is 11.6 Å². The lowest BCUT2D eigenvalue weighted by Gasteiger charge is -2.39. The molecule has 2 aromatic rings. The van der Waals surface area contributed by atoms with Crippen molar-refractivity contribution in [2.75, 3.05) is 49.1 Å². The van der Waals surface area contributed by atoms with Gasteiger partial charge in [-0.15, -0.1) is 0 Å². The standard InChI is InChI=1S/C20H20ClN5O2/c1-14-10-19(23-13-15(14)12-22)24-4-6-25(7-5-24)20(27)26-8-9-28-18-11-16(21)2-3-17(18)26/h2-3,10-11,13H,4-9H2,1H3. The molecule has 2 aliphatic rings. The van der Waals surface area contributed by atoms with Crippen LogP contribution in [-0.2, 0) is 0 Å². The van der Waals surface area contributed by atoms with Crippen molar-refractivity contribution in [3.05, 3.63) is 46.6 Å². The Morgan fingerprint density at radius 3 is 2.71 bits per heavy atom. The summed E-state index contributed by atoms with van der Waals surface area (Å²) in [6, 6.07) is 9.39. The molecule has 1 aromatic heterocycles. The van der Waals surface area contributed by atoms with Gasteiger partial charge in [0, 0.05) is 43.5 Å². The summed E-state index contributed by atoms with van der Waals surface area (Å²) in [6.07, 6.45) is 1.61. The fraction of sp³-hybridized carbons (Fsp3) is 0.350. The van der Waals surface area contributed by atoms with E-state index in [0.717, 1.165) is 17.1 Å². The van der Waals surface area contributed by atoms with Crippen molar-refractivity contribution >= 4 is 29.1 Å². The number of carbonyl (C=O) groups excluding carboxylic acids is 1. The summed E-state index contributed by atoms with van der Waals surface area (Å²) in [5.74, 6) is 1.48. The van der Waals surface area contributed by atoms with Crippen molar-refractivity contribution in [1.82, 2.24) is 9.88 Å². The Labute approximate surface area is 168 Å². The number of ether oxygens (including phenoxy) is 1. The lowest BCUT2D eigenvalue weighted by atomic mass is 10.1. The number of carbonyl (C=O) groups is 1. The van der Waals surface area contributed by atoms with Crippen molar-refractivity contribution in [2.45, 2.75) is 6.92 Å². The lowest BCUT2D eigenvalue weighted by Crippen LogP contribution is -2.54. The molecule has 3 heterocycles. The molecule has 0 saturated carbocycles. The number of halogens is 1. The average molecular weight is 398 g/mol. The summed E-state index contributed by atoms with van der Waals surface area (Å²) in [4.78, 5) is 23.2. The number of pyridine rings is 1. The van der Waals surface area contributed by atoms with Crippen LogP contribution in [0, 0.1) is 18.3 Å². The molecular weight excluding hydrogens is 378 g/mol. The number of hydrogen-bond donors (Lipinski definition) is 0. The highest BCUT2D eigenvalue weighted by molar-refractivity contribution is 6.30. The number of fused-ring (bicyclic) bond motifs is 1. The Kier molecular flexibility index (Phi) is 4.97. The molecule has 28 heavy (non-hydrogen) atoms. The average Bonchev–Trinajstić information content (AvgIpc) is 2.72. The Hall–Kier alpha value is -2.98. The number of hydrogen-bond acceptors (Lipinski definition) is 5. The number of nitriles is 1. The number of benzene rings is 1. The zero-order valence-corrected chi connectivity index (χ0v) is 16.3. The number of piperazine rings is 1. The topological polar surface area (TPSA) is 72.7 Å². The van der Waals surface area contributed by atoms with Gasteiger partial charge in [-0.25, -0.2) is 9.78 Å². The van der Waals surface area contributed by atoms with Crippen molar-refractivity contribution in [3.63, 3.8) is 0 Å². The molecule has 1 aromatic carbocycles. The second-order valence-electron chi connectivity index (χ2n) is 6.84. The van der Waals surface area contributed by atoms with Crippen molar-refractivity contribution < 1.29 is 9.53 Å². The van der Waals surface area contributed by atoms with Gasteiger partial charge in [0.05, 0.1) is 17.8 Å². The summed E-state index contributed by atoms with van der Waals surface area (Å²) < 4.78 is 5.64. The zero-order valence-electron chi connectivity index (χ0n) is 15.6. The Balaban J connectivity index is 1.44. The van der Waals surface area contributed by atoms with E-state index in [4.69, 9.17) is 21.6 Å². The molecule has 0 unspecified atom stereocenters. The molecule has 0 bridgehead atoms. The number of urea groups is 1. The number of rotatable bonds is 1. The van der Waals surface area contributed by atoms with Crippen LogP contribution in [0.5, 0.6) is 5.75 Å². The van der Waals surface area contributed by atoms with E-state index in [-0.39, 0.29) is 6.03 Å². The summed E-state index contributed by atoms with van der Waals surface area (Å²) in [6.45, 7) is 5.49. The number of nitrogens with zero attached hydrogens (tertiary/aromatic N) is 5. The third kappa shape index (κ3) is 3.43. The minimum atomic E-state index is -0.0181. The van der Waals surface area contributed by atoms with Gasteiger partial charge in [-0.2, -0.15) is 5.26 Å². The summed E-state index contributed by atoms with van der Waals surface area (Å²) in [5.41, 5.74) is 2.26. The molecule has 2 aliphatic heterocycles. The van der Waals surface area contributed by atoms with E-state index in [2.05, 4.69) is 16.0 Å². The molecule has 144 valence electrons. The maximum Gasteiger partial charge on any atom is 0.324 e. The van der Waals surface area contributed by atoms with Gasteiger partial charge in [0.1, 0.15) is 24.2 Å². The predicted molar refractivity (Wildman–Crippen MR) is 107 cm³/mol. The molecule has 0 atom stereocenters. The number of aromatic nitrogens is 1. The Morgan fingerprint density at radius 1 is 1.21 bits per heavy atom. The highest BCUT2D eigenvalue weighted by Gasteiger charge is 2.30. The van der Waals surface area contributed by atoms with Gasteiger partial charge < -0.3 is 14.5 Å². The number of aryl methyl sites for hydroxylation is 1. The second-order valence-corrected chi connectivity index (χ2v) is 7.27. The van der Waals surface area contributed by atoms with Crippen LogP contribution >= 0.6 is 11.6 Å². The zero-order chi connectivity index (χ0) is 19.7. The van der Waals surface area contributed by atoms with E-state index in [0.29, 0.717) is 55.7 Å². The van der Waals surface area contributed by atoms with Crippen molar-refractivity contribution in [1.29, 1.82) is 5.26 Å². The minimum absolute atomic E-state index is 0.0181. The molecule has 8 heteroatoms. The first-order valence-corrected chi connectivity index (χ1v) is 9.55. The van der Waals surface area contributed by atoms with E-state index in [1.165, 1.54) is 0 Å². The lowest BCUT2D eigenvalue weighted by molar-refractivity contribution is 0.196. The molecule has 0 aliphatic carbocycles. The first-order valence-electron chi connectivity index (χ1n) is 9.17. The largest absolute Gasteiger partial charge is 0.489 e. The first-order chi connectivity index (χ1) is 13.6. The van der Waals surface area contributed by atoms with Crippen molar-refractivity contribution in [2.24, 2.45) is 0 Å². The van der Waals surface area contributed by atoms with Crippen LogP contribution in [0.25, 0.3) is 0 Å². The van der Waals surface area contributed by atoms with Gasteiger partial charge in [0.25, 0.3) is 0 Å². The maximum atomic E-state index is 13.1. The fourth-order valence-electron chi connectivity index (χ4n) is 3.52. The van der Waals surface area contributed by atoms with E-state index in [9.17, 15) is 4.79 Å². The molecule has 7 nitrogen and oxygen atoms in total. The van der Waals surface area contributed by atoms with Gasteiger partial charge >= 0.3 is 6.03 Å². The number of amides is 2. The molecule has 0 spiro atoms. The second kappa shape index (κ2) is 7.56. The van der Waals surface area contributed by atoms with E-state index in [1.54, 1.807) is 23.2 Å². The highest BCUT2D eigenvalue weighted by atomic mass is 35.5. The third-order valence-electron chi connectivity index (χ3n) is 5.11.